The molecule has 15 heavy (non-hydrogen) atoms. The highest BCUT2D eigenvalue weighted by Crippen LogP contribution is 2.19. The van der Waals surface area contributed by atoms with E-state index in [1.165, 1.54) is 0 Å². The molecule has 1 rings (SSSR count). The van der Waals surface area contributed by atoms with Gasteiger partial charge in [-0.1, -0.05) is 0 Å². The zero-order chi connectivity index (χ0) is 11.4. The molecule has 0 bridgehead atoms. The molecule has 1 aromatic rings. The van der Waals surface area contributed by atoms with Crippen LogP contribution in [0.25, 0.3) is 0 Å². The molecule has 0 unspecified atom stereocenters. The number of halogens is 1. The number of aryl methyl sites for hydroxylation is 2. The van der Waals surface area contributed by atoms with Crippen LogP contribution >= 0.6 is 15.9 Å². The van der Waals surface area contributed by atoms with Crippen molar-refractivity contribution < 1.29 is 9.90 Å². The fourth-order valence-corrected chi connectivity index (χ4v) is 1.75. The van der Waals surface area contributed by atoms with Gasteiger partial charge in [0, 0.05) is 20.1 Å². The average molecular weight is 276 g/mol. The third kappa shape index (κ3) is 3.32. The molecule has 0 atom stereocenters. The lowest BCUT2D eigenvalue weighted by atomic mass is 10.3. The van der Waals surface area contributed by atoms with Gasteiger partial charge >= 0.3 is 5.97 Å². The number of nitrogens with zero attached hydrogens (tertiary/aromatic N) is 2. The summed E-state index contributed by atoms with van der Waals surface area (Å²) in [5, 5.41) is 15.8. The Bertz CT molecular complexity index is 362. The normalized spacial score (nSPS) is 10.6. The van der Waals surface area contributed by atoms with Gasteiger partial charge in [0.15, 0.2) is 0 Å². The van der Waals surface area contributed by atoms with Gasteiger partial charge in [-0.15, -0.1) is 0 Å². The lowest BCUT2D eigenvalue weighted by molar-refractivity contribution is -0.136. The quantitative estimate of drug-likeness (QED) is 0.789. The predicted octanol–water partition coefficient (Wildman–Crippen LogP) is 1.06. The summed E-state index contributed by atoms with van der Waals surface area (Å²) in [6.45, 7) is 3.00. The second-order valence-electron chi connectivity index (χ2n) is 3.29. The van der Waals surface area contributed by atoms with Crippen LogP contribution in [0.1, 0.15) is 17.8 Å². The van der Waals surface area contributed by atoms with Crippen molar-refractivity contribution >= 4 is 21.9 Å². The van der Waals surface area contributed by atoms with Crippen LogP contribution in [0.5, 0.6) is 0 Å². The Labute approximate surface area is 96.6 Å². The molecule has 0 fully saturated rings. The minimum atomic E-state index is -0.789. The second-order valence-corrected chi connectivity index (χ2v) is 4.08. The smallest absolute Gasteiger partial charge is 0.304 e. The van der Waals surface area contributed by atoms with Crippen molar-refractivity contribution in [3.05, 3.63) is 15.9 Å². The molecule has 0 radical (unpaired) electrons. The highest BCUT2D eigenvalue weighted by atomic mass is 79.9. The van der Waals surface area contributed by atoms with Crippen molar-refractivity contribution in [2.24, 2.45) is 7.05 Å². The minimum absolute atomic E-state index is 0.133. The predicted molar refractivity (Wildman–Crippen MR) is 59.6 cm³/mol. The molecule has 0 aliphatic carbocycles. The first kappa shape index (κ1) is 12.2. The van der Waals surface area contributed by atoms with Gasteiger partial charge in [-0.25, -0.2) is 0 Å². The molecule has 0 aromatic carbocycles. The minimum Gasteiger partial charge on any atom is -0.481 e. The topological polar surface area (TPSA) is 67.2 Å². The van der Waals surface area contributed by atoms with Gasteiger partial charge in [-0.2, -0.15) is 5.10 Å². The summed E-state index contributed by atoms with van der Waals surface area (Å²) in [6, 6.07) is 0. The number of carboxylic acids is 1. The van der Waals surface area contributed by atoms with E-state index in [4.69, 9.17) is 5.11 Å². The fraction of sp³-hybridized carbons (Fsp3) is 0.556. The molecule has 6 heteroatoms. The molecule has 0 spiro atoms. The zero-order valence-electron chi connectivity index (χ0n) is 8.75. The number of hydrogen-bond acceptors (Lipinski definition) is 3. The van der Waals surface area contributed by atoms with Crippen molar-refractivity contribution in [3.63, 3.8) is 0 Å². The zero-order valence-corrected chi connectivity index (χ0v) is 10.3. The van der Waals surface area contributed by atoms with E-state index in [9.17, 15) is 4.79 Å². The summed E-state index contributed by atoms with van der Waals surface area (Å²) in [5.74, 6) is -0.789. The Balaban J connectivity index is 2.47. The summed E-state index contributed by atoms with van der Waals surface area (Å²) in [5.41, 5.74) is 1.96. The molecule has 5 nitrogen and oxygen atoms in total. The summed E-state index contributed by atoms with van der Waals surface area (Å²) in [6.07, 6.45) is 0.133. The Morgan fingerprint density at radius 2 is 2.33 bits per heavy atom. The van der Waals surface area contributed by atoms with Crippen LogP contribution in [-0.4, -0.2) is 27.4 Å². The number of carbonyl (C=O) groups is 1. The van der Waals surface area contributed by atoms with Gasteiger partial charge in [0.25, 0.3) is 0 Å². The summed E-state index contributed by atoms with van der Waals surface area (Å²) >= 11 is 3.44. The van der Waals surface area contributed by atoms with Crippen LogP contribution < -0.4 is 5.32 Å². The second kappa shape index (κ2) is 5.27. The molecule has 0 amide bonds. The molecule has 84 valence electrons. The third-order valence-electron chi connectivity index (χ3n) is 2.07. The summed E-state index contributed by atoms with van der Waals surface area (Å²) in [7, 11) is 1.87. The van der Waals surface area contributed by atoms with E-state index in [0.29, 0.717) is 13.1 Å². The Morgan fingerprint density at radius 1 is 1.67 bits per heavy atom. The molecule has 1 aromatic heterocycles. The average Bonchev–Trinajstić information content (AvgIpc) is 2.37. The van der Waals surface area contributed by atoms with Crippen molar-refractivity contribution in [1.82, 2.24) is 15.1 Å². The van der Waals surface area contributed by atoms with Gasteiger partial charge in [0.2, 0.25) is 0 Å². The number of nitrogens with one attached hydrogen (secondary N) is 1. The van der Waals surface area contributed by atoms with Gasteiger partial charge < -0.3 is 10.4 Å². The Morgan fingerprint density at radius 3 is 2.80 bits per heavy atom. The Kier molecular flexibility index (Phi) is 4.28. The first-order chi connectivity index (χ1) is 7.02. The van der Waals surface area contributed by atoms with E-state index < -0.39 is 5.97 Å². The highest BCUT2D eigenvalue weighted by molar-refractivity contribution is 9.10. The van der Waals surface area contributed by atoms with Crippen molar-refractivity contribution in [1.29, 1.82) is 0 Å². The molecular weight excluding hydrogens is 262 g/mol. The first-order valence-corrected chi connectivity index (χ1v) is 5.42. The van der Waals surface area contributed by atoms with Crippen LogP contribution in [0.4, 0.5) is 0 Å². The molecule has 2 N–H and O–H groups in total. The number of carboxylic acid groups (broad SMARTS) is 1. The summed E-state index contributed by atoms with van der Waals surface area (Å²) < 4.78 is 2.76. The first-order valence-electron chi connectivity index (χ1n) is 4.63. The van der Waals surface area contributed by atoms with E-state index in [1.807, 2.05) is 14.0 Å². The standard InChI is InChI=1S/C9H14BrN3O2/c1-6-9(10)7(13(2)12-6)5-11-4-3-8(14)15/h11H,3-5H2,1-2H3,(H,14,15). The Hall–Kier alpha value is -0.880. The maximum atomic E-state index is 10.3. The fourth-order valence-electron chi connectivity index (χ4n) is 1.27. The van der Waals surface area contributed by atoms with E-state index in [1.54, 1.807) is 4.68 Å². The van der Waals surface area contributed by atoms with Gasteiger partial charge in [-0.05, 0) is 22.9 Å². The van der Waals surface area contributed by atoms with Crippen LogP contribution in [0.3, 0.4) is 0 Å². The maximum Gasteiger partial charge on any atom is 0.304 e. The van der Waals surface area contributed by atoms with Crippen molar-refractivity contribution in [3.8, 4) is 0 Å². The van der Waals surface area contributed by atoms with Crippen LogP contribution in [-0.2, 0) is 18.4 Å². The van der Waals surface area contributed by atoms with Gasteiger partial charge in [0.05, 0.1) is 22.3 Å². The number of aliphatic carboxylic acids is 1. The van der Waals surface area contributed by atoms with Gasteiger partial charge in [0.1, 0.15) is 0 Å². The van der Waals surface area contributed by atoms with Crippen LogP contribution in [0, 0.1) is 6.92 Å². The molecule has 0 saturated carbocycles. The lowest BCUT2D eigenvalue weighted by Crippen LogP contribution is -2.19. The molecule has 0 aliphatic heterocycles. The molecule has 0 saturated heterocycles. The van der Waals surface area contributed by atoms with Gasteiger partial charge in [-0.3, -0.25) is 9.48 Å². The largest absolute Gasteiger partial charge is 0.481 e. The lowest BCUT2D eigenvalue weighted by Gasteiger charge is -2.04. The monoisotopic (exact) mass is 275 g/mol. The molecule has 0 aliphatic rings. The van der Waals surface area contributed by atoms with E-state index in [0.717, 1.165) is 15.9 Å². The number of hydrogen-bond donors (Lipinski definition) is 2. The molecular formula is C9H14BrN3O2. The SMILES string of the molecule is Cc1nn(C)c(CNCCC(=O)O)c1Br. The van der Waals surface area contributed by atoms with Crippen LogP contribution in [0.2, 0.25) is 0 Å². The van der Waals surface area contributed by atoms with Crippen molar-refractivity contribution in [2.75, 3.05) is 6.54 Å². The number of rotatable bonds is 5. The molecule has 1 heterocycles. The van der Waals surface area contributed by atoms with Crippen molar-refractivity contribution in [2.45, 2.75) is 19.9 Å². The van der Waals surface area contributed by atoms with E-state index >= 15 is 0 Å². The highest BCUT2D eigenvalue weighted by Gasteiger charge is 2.09. The van der Waals surface area contributed by atoms with E-state index in [-0.39, 0.29) is 6.42 Å². The van der Waals surface area contributed by atoms with Crippen LogP contribution in [0.15, 0.2) is 4.47 Å². The summed E-state index contributed by atoms with van der Waals surface area (Å²) in [4.78, 5) is 10.3. The number of aromatic nitrogens is 2. The third-order valence-corrected chi connectivity index (χ3v) is 3.10. The maximum absolute atomic E-state index is 10.3. The van der Waals surface area contributed by atoms with E-state index in [2.05, 4.69) is 26.3 Å².